The molecule has 0 N–H and O–H groups in total. The van der Waals surface area contributed by atoms with E-state index in [1.807, 2.05) is 18.2 Å². The molecular formula is C24H20Cl2O4. The monoisotopic (exact) mass is 442 g/mol. The molecule has 6 heteroatoms. The summed E-state index contributed by atoms with van der Waals surface area (Å²) in [7, 11) is 3.16. The zero-order valence-corrected chi connectivity index (χ0v) is 18.0. The molecule has 0 aliphatic rings. The number of halogens is 2. The van der Waals surface area contributed by atoms with Crippen molar-refractivity contribution in [1.29, 1.82) is 0 Å². The zero-order chi connectivity index (χ0) is 21.5. The van der Waals surface area contributed by atoms with Crippen LogP contribution in [0.2, 0.25) is 10.0 Å². The average Bonchev–Trinajstić information content (AvgIpc) is 2.78. The Morgan fingerprint density at radius 2 is 1.73 bits per heavy atom. The fraction of sp³-hybridized carbons (Fsp3) is 0.125. The SMILES string of the molecule is COc1cccc(C(=O)/C=C/c2ccc(OC)c(COc3cccc(Cl)c3Cl)c2)c1. The predicted octanol–water partition coefficient (Wildman–Crippen LogP) is 6.49. The molecule has 0 bridgehead atoms. The number of hydrogen-bond donors (Lipinski definition) is 0. The molecule has 0 unspecified atom stereocenters. The predicted molar refractivity (Wildman–Crippen MR) is 120 cm³/mol. The third-order valence-corrected chi connectivity index (χ3v) is 5.19. The van der Waals surface area contributed by atoms with E-state index in [0.717, 1.165) is 11.1 Å². The quantitative estimate of drug-likeness (QED) is 0.295. The first-order valence-electron chi connectivity index (χ1n) is 9.12. The van der Waals surface area contributed by atoms with Gasteiger partial charge < -0.3 is 14.2 Å². The van der Waals surface area contributed by atoms with Crippen LogP contribution in [-0.4, -0.2) is 20.0 Å². The summed E-state index contributed by atoms with van der Waals surface area (Å²) in [6.07, 6.45) is 3.27. The molecule has 4 nitrogen and oxygen atoms in total. The molecule has 0 saturated carbocycles. The molecule has 0 spiro atoms. The molecule has 0 fully saturated rings. The van der Waals surface area contributed by atoms with Gasteiger partial charge in [0.15, 0.2) is 5.78 Å². The molecule has 0 atom stereocenters. The maximum Gasteiger partial charge on any atom is 0.185 e. The second-order valence-corrected chi connectivity index (χ2v) is 7.13. The van der Waals surface area contributed by atoms with Crippen molar-refractivity contribution >= 4 is 35.1 Å². The lowest BCUT2D eigenvalue weighted by Crippen LogP contribution is -2.00. The van der Waals surface area contributed by atoms with Crippen LogP contribution >= 0.6 is 23.2 Å². The van der Waals surface area contributed by atoms with Crippen LogP contribution in [0.15, 0.2) is 66.7 Å². The minimum absolute atomic E-state index is 0.117. The Morgan fingerprint density at radius 3 is 2.50 bits per heavy atom. The Hall–Kier alpha value is -2.95. The van der Waals surface area contributed by atoms with Crippen molar-refractivity contribution in [3.63, 3.8) is 0 Å². The fourth-order valence-corrected chi connectivity index (χ4v) is 3.16. The van der Waals surface area contributed by atoms with Crippen LogP contribution in [0, 0.1) is 0 Å². The van der Waals surface area contributed by atoms with E-state index in [-0.39, 0.29) is 12.4 Å². The lowest BCUT2D eigenvalue weighted by atomic mass is 10.1. The van der Waals surface area contributed by atoms with Crippen molar-refractivity contribution in [2.24, 2.45) is 0 Å². The van der Waals surface area contributed by atoms with Crippen LogP contribution in [0.5, 0.6) is 17.2 Å². The Bertz CT molecular complexity index is 1080. The Kier molecular flexibility index (Phi) is 7.39. The van der Waals surface area contributed by atoms with E-state index < -0.39 is 0 Å². The number of ether oxygens (including phenoxy) is 3. The molecule has 3 rings (SSSR count). The number of allylic oxidation sites excluding steroid dienone is 1. The lowest BCUT2D eigenvalue weighted by Gasteiger charge is -2.12. The van der Waals surface area contributed by atoms with Gasteiger partial charge in [-0.05, 0) is 48.0 Å². The summed E-state index contributed by atoms with van der Waals surface area (Å²) in [5.74, 6) is 1.68. The standard InChI is InChI=1S/C24H20Cl2O4/c1-28-19-6-3-5-17(14-19)21(27)11-9-16-10-12-22(29-2)18(13-16)15-30-23-8-4-7-20(25)24(23)26/h3-14H,15H2,1-2H3/b11-9+. The van der Waals surface area contributed by atoms with Crippen molar-refractivity contribution in [2.45, 2.75) is 6.61 Å². The average molecular weight is 443 g/mol. The van der Waals surface area contributed by atoms with E-state index >= 15 is 0 Å². The number of carbonyl (C=O) groups excluding carboxylic acids is 1. The van der Waals surface area contributed by atoms with Gasteiger partial charge in [-0.1, -0.05) is 53.5 Å². The molecular weight excluding hydrogens is 423 g/mol. The van der Waals surface area contributed by atoms with Crippen molar-refractivity contribution in [3.05, 3.63) is 93.5 Å². The molecule has 0 saturated heterocycles. The minimum Gasteiger partial charge on any atom is -0.497 e. The van der Waals surface area contributed by atoms with Crippen molar-refractivity contribution in [3.8, 4) is 17.2 Å². The molecule has 30 heavy (non-hydrogen) atoms. The van der Waals surface area contributed by atoms with E-state index in [1.165, 1.54) is 6.08 Å². The summed E-state index contributed by atoms with van der Waals surface area (Å²) < 4.78 is 16.4. The van der Waals surface area contributed by atoms with E-state index in [1.54, 1.807) is 62.8 Å². The van der Waals surface area contributed by atoms with Crippen LogP contribution in [0.4, 0.5) is 0 Å². The number of rotatable bonds is 8. The van der Waals surface area contributed by atoms with E-state index in [2.05, 4.69) is 0 Å². The van der Waals surface area contributed by atoms with Crippen molar-refractivity contribution in [1.82, 2.24) is 0 Å². The van der Waals surface area contributed by atoms with E-state index in [0.29, 0.717) is 32.9 Å². The van der Waals surface area contributed by atoms with Gasteiger partial charge in [0.2, 0.25) is 0 Å². The first-order chi connectivity index (χ1) is 14.5. The summed E-state index contributed by atoms with van der Waals surface area (Å²) in [5.41, 5.74) is 2.20. The summed E-state index contributed by atoms with van der Waals surface area (Å²) in [6.45, 7) is 0.231. The molecule has 0 heterocycles. The van der Waals surface area contributed by atoms with Crippen LogP contribution in [0.3, 0.4) is 0 Å². The molecule has 0 radical (unpaired) electrons. The van der Waals surface area contributed by atoms with Gasteiger partial charge in [-0.15, -0.1) is 0 Å². The lowest BCUT2D eigenvalue weighted by molar-refractivity contribution is 0.104. The van der Waals surface area contributed by atoms with Gasteiger partial charge in [-0.3, -0.25) is 4.79 Å². The fourth-order valence-electron chi connectivity index (χ4n) is 2.81. The number of carbonyl (C=O) groups is 1. The normalized spacial score (nSPS) is 10.8. The highest BCUT2D eigenvalue weighted by Gasteiger charge is 2.09. The third-order valence-electron chi connectivity index (χ3n) is 4.39. The summed E-state index contributed by atoms with van der Waals surface area (Å²) in [6, 6.07) is 17.8. The smallest absolute Gasteiger partial charge is 0.185 e. The second-order valence-electron chi connectivity index (χ2n) is 6.34. The second kappa shape index (κ2) is 10.2. The number of ketones is 1. The molecule has 0 amide bonds. The minimum atomic E-state index is -0.117. The van der Waals surface area contributed by atoms with E-state index in [4.69, 9.17) is 37.4 Å². The van der Waals surface area contributed by atoms with Crippen molar-refractivity contribution in [2.75, 3.05) is 14.2 Å². The number of benzene rings is 3. The van der Waals surface area contributed by atoms with Gasteiger partial charge >= 0.3 is 0 Å². The Balaban J connectivity index is 1.77. The Labute approximate surface area is 185 Å². The zero-order valence-electron chi connectivity index (χ0n) is 16.5. The summed E-state index contributed by atoms with van der Waals surface area (Å²) in [5, 5.41) is 0.784. The number of hydrogen-bond acceptors (Lipinski definition) is 4. The van der Waals surface area contributed by atoms with Gasteiger partial charge in [-0.25, -0.2) is 0 Å². The van der Waals surface area contributed by atoms with Gasteiger partial charge in [0, 0.05) is 11.1 Å². The van der Waals surface area contributed by atoms with Crippen LogP contribution in [0.1, 0.15) is 21.5 Å². The van der Waals surface area contributed by atoms with Gasteiger partial charge in [0.25, 0.3) is 0 Å². The molecule has 0 aliphatic heterocycles. The van der Waals surface area contributed by atoms with Gasteiger partial charge in [0.05, 0.1) is 19.2 Å². The van der Waals surface area contributed by atoms with E-state index in [9.17, 15) is 4.79 Å². The topological polar surface area (TPSA) is 44.8 Å². The highest BCUT2D eigenvalue weighted by Crippen LogP contribution is 2.32. The summed E-state index contributed by atoms with van der Waals surface area (Å²) in [4.78, 5) is 12.5. The molecule has 3 aromatic carbocycles. The van der Waals surface area contributed by atoms with Gasteiger partial charge in [-0.2, -0.15) is 0 Å². The molecule has 154 valence electrons. The highest BCUT2D eigenvalue weighted by molar-refractivity contribution is 6.42. The van der Waals surface area contributed by atoms with Crippen LogP contribution < -0.4 is 14.2 Å². The first-order valence-corrected chi connectivity index (χ1v) is 9.87. The largest absolute Gasteiger partial charge is 0.497 e. The van der Waals surface area contributed by atoms with Crippen LogP contribution in [-0.2, 0) is 6.61 Å². The maximum absolute atomic E-state index is 12.5. The van der Waals surface area contributed by atoms with Gasteiger partial charge in [0.1, 0.15) is 28.9 Å². The molecule has 0 aromatic heterocycles. The Morgan fingerprint density at radius 1 is 0.933 bits per heavy atom. The molecule has 3 aromatic rings. The highest BCUT2D eigenvalue weighted by atomic mass is 35.5. The number of methoxy groups -OCH3 is 2. The summed E-state index contributed by atoms with van der Waals surface area (Å²) >= 11 is 12.2. The molecule has 0 aliphatic carbocycles. The third kappa shape index (κ3) is 5.35. The van der Waals surface area contributed by atoms with Crippen LogP contribution in [0.25, 0.3) is 6.08 Å². The first kappa shape index (κ1) is 21.8. The van der Waals surface area contributed by atoms with Crippen molar-refractivity contribution < 1.29 is 19.0 Å². The maximum atomic E-state index is 12.5.